The van der Waals surface area contributed by atoms with Gasteiger partial charge in [0.25, 0.3) is 0 Å². The number of hydrogen-bond donors (Lipinski definition) is 0. The molecule has 0 N–H and O–H groups in total. The molecular formula is C17H22N4OS. The molecule has 0 saturated carbocycles. The number of anilines is 1. The van der Waals surface area contributed by atoms with Crippen molar-refractivity contribution >= 4 is 23.4 Å². The number of fused-ring (bicyclic) bond motifs is 1. The molecular weight excluding hydrogens is 308 g/mol. The second-order valence-electron chi connectivity index (χ2n) is 6.18. The maximum absolute atomic E-state index is 12.7. The number of carbonyl (C=O) groups excluding carboxylic acids is 1. The van der Waals surface area contributed by atoms with Crippen molar-refractivity contribution in [1.29, 1.82) is 0 Å². The van der Waals surface area contributed by atoms with Gasteiger partial charge in [-0.3, -0.25) is 4.79 Å². The molecule has 1 aromatic heterocycles. The second-order valence-corrected chi connectivity index (χ2v) is 7.13. The molecule has 6 heteroatoms. The maximum atomic E-state index is 12.7. The lowest BCUT2D eigenvalue weighted by Crippen LogP contribution is -2.36. The van der Waals surface area contributed by atoms with Gasteiger partial charge in [-0.2, -0.15) is 0 Å². The minimum absolute atomic E-state index is 0.137. The molecule has 0 radical (unpaired) electrons. The Bertz CT molecular complexity index is 710. The molecule has 2 heterocycles. The molecule has 0 bridgehead atoms. The predicted molar refractivity (Wildman–Crippen MR) is 93.0 cm³/mol. The normalized spacial score (nSPS) is 14.2. The highest BCUT2D eigenvalue weighted by Gasteiger charge is 2.23. The van der Waals surface area contributed by atoms with Crippen LogP contribution in [0.1, 0.15) is 37.4 Å². The number of aryl methyl sites for hydroxylation is 2. The predicted octanol–water partition coefficient (Wildman–Crippen LogP) is 3.24. The molecule has 2 aromatic rings. The summed E-state index contributed by atoms with van der Waals surface area (Å²) >= 11 is 1.46. The van der Waals surface area contributed by atoms with Crippen molar-refractivity contribution in [3.63, 3.8) is 0 Å². The van der Waals surface area contributed by atoms with E-state index in [2.05, 4.69) is 49.2 Å². The number of amides is 1. The van der Waals surface area contributed by atoms with Crippen molar-refractivity contribution in [1.82, 2.24) is 14.8 Å². The average molecular weight is 330 g/mol. The van der Waals surface area contributed by atoms with Gasteiger partial charge in [-0.25, -0.2) is 0 Å². The molecule has 0 unspecified atom stereocenters. The van der Waals surface area contributed by atoms with Crippen LogP contribution in [0.15, 0.2) is 29.7 Å². The monoisotopic (exact) mass is 330 g/mol. The molecule has 0 aliphatic carbocycles. The number of carbonyl (C=O) groups is 1. The highest BCUT2D eigenvalue weighted by Crippen LogP contribution is 2.29. The van der Waals surface area contributed by atoms with Crippen LogP contribution in [0.5, 0.6) is 0 Å². The van der Waals surface area contributed by atoms with E-state index in [1.54, 1.807) is 6.33 Å². The summed E-state index contributed by atoms with van der Waals surface area (Å²) in [6, 6.07) is 6.63. The zero-order chi connectivity index (χ0) is 16.4. The van der Waals surface area contributed by atoms with Gasteiger partial charge in [-0.05, 0) is 45.2 Å². The minimum atomic E-state index is 0.137. The molecule has 0 atom stereocenters. The van der Waals surface area contributed by atoms with E-state index in [0.29, 0.717) is 11.8 Å². The van der Waals surface area contributed by atoms with Crippen LogP contribution in [0.25, 0.3) is 0 Å². The SMILES string of the molecule is Cc1ccc2c(c1)CCCN2C(=O)CSc1nncn1C(C)C. The van der Waals surface area contributed by atoms with Crippen LogP contribution in [0.2, 0.25) is 0 Å². The highest BCUT2D eigenvalue weighted by atomic mass is 32.2. The lowest BCUT2D eigenvalue weighted by atomic mass is 10.00. The average Bonchev–Trinajstić information content (AvgIpc) is 3.00. The van der Waals surface area contributed by atoms with Gasteiger partial charge in [0.15, 0.2) is 5.16 Å². The Labute approximate surface area is 141 Å². The first-order chi connectivity index (χ1) is 11.1. The third kappa shape index (κ3) is 3.42. The van der Waals surface area contributed by atoms with Gasteiger partial charge < -0.3 is 9.47 Å². The van der Waals surface area contributed by atoms with E-state index in [0.717, 1.165) is 30.2 Å². The van der Waals surface area contributed by atoms with Crippen molar-refractivity contribution in [2.24, 2.45) is 0 Å². The Kier molecular flexibility index (Phi) is 4.71. The molecule has 122 valence electrons. The highest BCUT2D eigenvalue weighted by molar-refractivity contribution is 7.99. The van der Waals surface area contributed by atoms with Gasteiger partial charge >= 0.3 is 0 Å². The number of thioether (sulfide) groups is 1. The van der Waals surface area contributed by atoms with Gasteiger partial charge in [0.1, 0.15) is 6.33 Å². The number of aromatic nitrogens is 3. The van der Waals surface area contributed by atoms with Gasteiger partial charge in [0.05, 0.1) is 5.75 Å². The zero-order valence-electron chi connectivity index (χ0n) is 13.8. The van der Waals surface area contributed by atoms with Gasteiger partial charge in [0.2, 0.25) is 5.91 Å². The van der Waals surface area contributed by atoms with Crippen molar-refractivity contribution in [3.8, 4) is 0 Å². The Morgan fingerprint density at radius 2 is 2.22 bits per heavy atom. The number of benzene rings is 1. The van der Waals surface area contributed by atoms with Crippen molar-refractivity contribution < 1.29 is 4.79 Å². The first kappa shape index (κ1) is 16.1. The first-order valence-electron chi connectivity index (χ1n) is 7.98. The summed E-state index contributed by atoms with van der Waals surface area (Å²) in [6.07, 6.45) is 3.79. The quantitative estimate of drug-likeness (QED) is 0.808. The third-order valence-corrected chi connectivity index (χ3v) is 5.02. The Morgan fingerprint density at radius 3 is 3.00 bits per heavy atom. The van der Waals surface area contributed by atoms with Crippen molar-refractivity contribution in [3.05, 3.63) is 35.7 Å². The molecule has 0 fully saturated rings. The minimum Gasteiger partial charge on any atom is -0.311 e. The summed E-state index contributed by atoms with van der Waals surface area (Å²) in [5.41, 5.74) is 3.59. The van der Waals surface area contributed by atoms with Gasteiger partial charge in [-0.15, -0.1) is 10.2 Å². The van der Waals surface area contributed by atoms with E-state index < -0.39 is 0 Å². The summed E-state index contributed by atoms with van der Waals surface area (Å²) in [6.45, 7) is 7.05. The van der Waals surface area contributed by atoms with Crippen molar-refractivity contribution in [2.75, 3.05) is 17.2 Å². The molecule has 1 aromatic carbocycles. The third-order valence-electron chi connectivity index (χ3n) is 4.08. The van der Waals surface area contributed by atoms with E-state index in [9.17, 15) is 4.79 Å². The largest absolute Gasteiger partial charge is 0.311 e. The fourth-order valence-corrected chi connectivity index (χ4v) is 3.80. The van der Waals surface area contributed by atoms with Gasteiger partial charge in [-0.1, -0.05) is 29.5 Å². The lowest BCUT2D eigenvalue weighted by molar-refractivity contribution is -0.116. The van der Waals surface area contributed by atoms with E-state index in [-0.39, 0.29) is 5.91 Å². The Balaban J connectivity index is 1.71. The fraction of sp³-hybridized carbons (Fsp3) is 0.471. The number of nitrogens with zero attached hydrogens (tertiary/aromatic N) is 4. The summed E-state index contributed by atoms with van der Waals surface area (Å²) in [7, 11) is 0. The van der Waals surface area contributed by atoms with Crippen LogP contribution in [0, 0.1) is 6.92 Å². The summed E-state index contributed by atoms with van der Waals surface area (Å²) in [5, 5.41) is 8.86. The van der Waals surface area contributed by atoms with Crippen molar-refractivity contribution in [2.45, 2.75) is 44.8 Å². The molecule has 3 rings (SSSR count). The summed E-state index contributed by atoms with van der Waals surface area (Å²) < 4.78 is 1.99. The topological polar surface area (TPSA) is 51.0 Å². The molecule has 1 aliphatic rings. The molecule has 0 saturated heterocycles. The standard InChI is InChI=1S/C17H22N4OS/c1-12(2)21-11-18-19-17(21)23-10-16(22)20-8-4-5-14-9-13(3)6-7-15(14)20/h6-7,9,11-12H,4-5,8,10H2,1-3H3. The summed E-state index contributed by atoms with van der Waals surface area (Å²) in [4.78, 5) is 14.6. The van der Waals surface area contributed by atoms with Gasteiger partial charge in [0, 0.05) is 18.3 Å². The molecule has 0 spiro atoms. The Morgan fingerprint density at radius 1 is 1.39 bits per heavy atom. The van der Waals surface area contributed by atoms with E-state index in [1.165, 1.54) is 22.9 Å². The van der Waals surface area contributed by atoms with E-state index in [1.807, 2.05) is 9.47 Å². The first-order valence-corrected chi connectivity index (χ1v) is 8.97. The summed E-state index contributed by atoms with van der Waals surface area (Å²) in [5.74, 6) is 0.525. The smallest absolute Gasteiger partial charge is 0.237 e. The molecule has 5 nitrogen and oxygen atoms in total. The molecule has 1 amide bonds. The van der Waals surface area contributed by atoms with E-state index in [4.69, 9.17) is 0 Å². The van der Waals surface area contributed by atoms with Crippen LogP contribution >= 0.6 is 11.8 Å². The number of rotatable bonds is 4. The van der Waals surface area contributed by atoms with Crippen LogP contribution < -0.4 is 4.90 Å². The second kappa shape index (κ2) is 6.74. The zero-order valence-corrected chi connectivity index (χ0v) is 14.6. The van der Waals surface area contributed by atoms with Crippen LogP contribution in [-0.2, 0) is 11.2 Å². The van der Waals surface area contributed by atoms with Crippen LogP contribution in [-0.4, -0.2) is 33.0 Å². The number of hydrogen-bond acceptors (Lipinski definition) is 4. The molecule has 1 aliphatic heterocycles. The Hall–Kier alpha value is -1.82. The van der Waals surface area contributed by atoms with Crippen LogP contribution in [0.4, 0.5) is 5.69 Å². The maximum Gasteiger partial charge on any atom is 0.237 e. The fourth-order valence-electron chi connectivity index (χ4n) is 2.88. The van der Waals surface area contributed by atoms with Crippen LogP contribution in [0.3, 0.4) is 0 Å². The molecule has 23 heavy (non-hydrogen) atoms. The lowest BCUT2D eigenvalue weighted by Gasteiger charge is -2.29. The van der Waals surface area contributed by atoms with E-state index >= 15 is 0 Å².